The monoisotopic (exact) mass is 374 g/mol. The van der Waals surface area contributed by atoms with Gasteiger partial charge < -0.3 is 9.15 Å². The molecule has 0 saturated heterocycles. The van der Waals surface area contributed by atoms with E-state index in [0.717, 1.165) is 11.1 Å². The predicted molar refractivity (Wildman–Crippen MR) is 94.0 cm³/mol. The number of hydrogen-bond acceptors (Lipinski definition) is 5. The molecule has 0 N–H and O–H groups in total. The highest BCUT2D eigenvalue weighted by Crippen LogP contribution is 2.20. The van der Waals surface area contributed by atoms with E-state index < -0.39 is 11.8 Å². The number of rotatable bonds is 6. The summed E-state index contributed by atoms with van der Waals surface area (Å²) in [6.07, 6.45) is 0.364. The van der Waals surface area contributed by atoms with Crippen molar-refractivity contribution in [3.05, 3.63) is 70.3 Å². The van der Waals surface area contributed by atoms with E-state index in [1.807, 2.05) is 31.2 Å². The Balaban J connectivity index is 1.51. The lowest BCUT2D eigenvalue weighted by molar-refractivity contribution is -0.145. The number of benzene rings is 2. The zero-order valence-electron chi connectivity index (χ0n) is 14.0. The molecule has 26 heavy (non-hydrogen) atoms. The second kappa shape index (κ2) is 8.10. The molecule has 0 radical (unpaired) electrons. The minimum Gasteiger partial charge on any atom is -0.461 e. The first kappa shape index (κ1) is 18.1. The van der Waals surface area contributed by atoms with Crippen molar-refractivity contribution in [1.29, 1.82) is 0 Å². The molecule has 0 aliphatic rings. The summed E-state index contributed by atoms with van der Waals surface area (Å²) in [4.78, 5) is 11.9. The van der Waals surface area contributed by atoms with Crippen LogP contribution in [0.15, 0.2) is 46.9 Å². The maximum atomic E-state index is 13.0. The van der Waals surface area contributed by atoms with Gasteiger partial charge in [0.1, 0.15) is 12.4 Å². The van der Waals surface area contributed by atoms with Crippen LogP contribution in [0.2, 0.25) is 5.02 Å². The van der Waals surface area contributed by atoms with Gasteiger partial charge in [-0.05, 0) is 31.2 Å². The molecule has 0 bridgehead atoms. The maximum absolute atomic E-state index is 13.0. The summed E-state index contributed by atoms with van der Waals surface area (Å²) < 4.78 is 23.7. The molecular formula is C19H16ClFN2O3. The molecule has 0 fully saturated rings. The molecule has 3 aromatic rings. The van der Waals surface area contributed by atoms with Gasteiger partial charge in [0.05, 0.1) is 11.4 Å². The third-order valence-electron chi connectivity index (χ3n) is 3.71. The van der Waals surface area contributed by atoms with E-state index in [2.05, 4.69) is 10.2 Å². The van der Waals surface area contributed by atoms with E-state index in [1.54, 1.807) is 0 Å². The summed E-state index contributed by atoms with van der Waals surface area (Å²) in [5.74, 6) is -0.102. The maximum Gasteiger partial charge on any atom is 0.306 e. The molecule has 0 aliphatic carbocycles. The second-order valence-corrected chi connectivity index (χ2v) is 6.17. The van der Waals surface area contributed by atoms with Crippen molar-refractivity contribution in [3.63, 3.8) is 0 Å². The Kier molecular flexibility index (Phi) is 5.63. The van der Waals surface area contributed by atoms with E-state index in [-0.39, 0.29) is 24.5 Å². The van der Waals surface area contributed by atoms with Crippen LogP contribution >= 0.6 is 11.6 Å². The number of nitrogens with zero attached hydrogens (tertiary/aromatic N) is 2. The van der Waals surface area contributed by atoms with Crippen LogP contribution in [0.1, 0.15) is 23.4 Å². The molecule has 7 heteroatoms. The highest BCUT2D eigenvalue weighted by molar-refractivity contribution is 6.31. The van der Waals surface area contributed by atoms with E-state index in [9.17, 15) is 9.18 Å². The summed E-state index contributed by atoms with van der Waals surface area (Å²) in [7, 11) is 0. The minimum atomic E-state index is -0.439. The van der Waals surface area contributed by atoms with Gasteiger partial charge in [-0.15, -0.1) is 10.2 Å². The fraction of sp³-hybridized carbons (Fsp3) is 0.211. The predicted octanol–water partition coefficient (Wildman–Crippen LogP) is 4.51. The molecule has 2 aromatic carbocycles. The Hall–Kier alpha value is -2.73. The third-order valence-corrected chi connectivity index (χ3v) is 4.06. The molecule has 3 rings (SSSR count). The van der Waals surface area contributed by atoms with Crippen LogP contribution in [-0.4, -0.2) is 16.2 Å². The molecule has 5 nitrogen and oxygen atoms in total. The third kappa shape index (κ3) is 4.67. The van der Waals surface area contributed by atoms with Gasteiger partial charge in [0.2, 0.25) is 11.8 Å². The van der Waals surface area contributed by atoms with Crippen molar-refractivity contribution in [3.8, 4) is 11.5 Å². The van der Waals surface area contributed by atoms with E-state index in [4.69, 9.17) is 20.8 Å². The van der Waals surface area contributed by atoms with Crippen molar-refractivity contribution in [2.45, 2.75) is 26.4 Å². The normalized spacial score (nSPS) is 10.7. The zero-order valence-corrected chi connectivity index (χ0v) is 14.8. The van der Waals surface area contributed by atoms with Crippen LogP contribution in [0.5, 0.6) is 0 Å². The van der Waals surface area contributed by atoms with Crippen molar-refractivity contribution in [2.75, 3.05) is 0 Å². The topological polar surface area (TPSA) is 65.2 Å². The molecule has 0 spiro atoms. The second-order valence-electron chi connectivity index (χ2n) is 5.76. The number of esters is 1. The van der Waals surface area contributed by atoms with Crippen molar-refractivity contribution >= 4 is 17.6 Å². The number of aromatic nitrogens is 2. The van der Waals surface area contributed by atoms with Gasteiger partial charge in [-0.1, -0.05) is 35.4 Å². The number of carbonyl (C=O) groups excluding carboxylic acids is 1. The lowest BCUT2D eigenvalue weighted by Gasteiger charge is -2.06. The number of hydrogen-bond donors (Lipinski definition) is 0. The summed E-state index contributed by atoms with van der Waals surface area (Å²) in [6.45, 7) is 1.98. The molecule has 0 saturated carbocycles. The first-order valence-corrected chi connectivity index (χ1v) is 8.38. The Morgan fingerprint density at radius 2 is 1.96 bits per heavy atom. The van der Waals surface area contributed by atoms with E-state index >= 15 is 0 Å². The number of carbonyl (C=O) groups is 1. The number of ether oxygens (including phenoxy) is 1. The van der Waals surface area contributed by atoms with Gasteiger partial charge in [0.15, 0.2) is 0 Å². The van der Waals surface area contributed by atoms with Crippen molar-refractivity contribution < 1.29 is 18.3 Å². The van der Waals surface area contributed by atoms with Crippen LogP contribution in [-0.2, 0) is 22.6 Å². The molecule has 1 heterocycles. The first-order chi connectivity index (χ1) is 12.5. The Bertz CT molecular complexity index is 909. The van der Waals surface area contributed by atoms with Crippen molar-refractivity contribution in [1.82, 2.24) is 10.2 Å². The molecule has 1 aromatic heterocycles. The van der Waals surface area contributed by atoms with E-state index in [0.29, 0.717) is 17.3 Å². The van der Waals surface area contributed by atoms with Crippen LogP contribution in [0.25, 0.3) is 11.5 Å². The minimum absolute atomic E-state index is 0.0175. The summed E-state index contributed by atoms with van der Waals surface area (Å²) in [5.41, 5.74) is 2.50. The molecule has 0 aliphatic heterocycles. The first-order valence-electron chi connectivity index (χ1n) is 8.00. The highest BCUT2D eigenvalue weighted by atomic mass is 35.5. The molecule has 134 valence electrons. The Morgan fingerprint density at radius 1 is 1.19 bits per heavy atom. The largest absolute Gasteiger partial charge is 0.461 e. The molecule has 0 unspecified atom stereocenters. The molecule has 0 amide bonds. The lowest BCUT2D eigenvalue weighted by Crippen LogP contribution is -2.06. The quantitative estimate of drug-likeness (QED) is 0.594. The molecular weight excluding hydrogens is 359 g/mol. The molecule has 0 atom stereocenters. The van der Waals surface area contributed by atoms with Crippen LogP contribution in [0.3, 0.4) is 0 Å². The zero-order chi connectivity index (χ0) is 18.5. The van der Waals surface area contributed by atoms with Gasteiger partial charge in [-0.3, -0.25) is 4.79 Å². The summed E-state index contributed by atoms with van der Waals surface area (Å²) in [6, 6.07) is 11.6. The van der Waals surface area contributed by atoms with Crippen molar-refractivity contribution in [2.24, 2.45) is 0 Å². The summed E-state index contributed by atoms with van der Waals surface area (Å²) >= 11 is 5.89. The van der Waals surface area contributed by atoms with Gasteiger partial charge in [-0.25, -0.2) is 4.39 Å². The highest BCUT2D eigenvalue weighted by Gasteiger charge is 2.12. The number of aryl methyl sites for hydroxylation is 2. The average Bonchev–Trinajstić information content (AvgIpc) is 3.09. The van der Waals surface area contributed by atoms with Gasteiger partial charge in [-0.2, -0.15) is 0 Å². The SMILES string of the molecule is Cc1ccc(-c2nnc(CCC(=O)OCc3ccc(F)cc3Cl)o2)cc1. The Labute approximate surface area is 154 Å². The van der Waals surface area contributed by atoms with Crippen LogP contribution in [0, 0.1) is 12.7 Å². The number of halogens is 2. The van der Waals surface area contributed by atoms with Crippen LogP contribution in [0.4, 0.5) is 4.39 Å². The van der Waals surface area contributed by atoms with E-state index in [1.165, 1.54) is 18.2 Å². The average molecular weight is 375 g/mol. The lowest BCUT2D eigenvalue weighted by atomic mass is 10.1. The fourth-order valence-electron chi connectivity index (χ4n) is 2.25. The standard InChI is InChI=1S/C19H16ClFN2O3/c1-12-2-4-13(5-3-12)19-23-22-17(26-19)8-9-18(24)25-11-14-6-7-15(21)10-16(14)20/h2-7,10H,8-9,11H2,1H3. The smallest absolute Gasteiger partial charge is 0.306 e. The Morgan fingerprint density at radius 3 is 2.69 bits per heavy atom. The van der Waals surface area contributed by atoms with Crippen LogP contribution < -0.4 is 0 Å². The van der Waals surface area contributed by atoms with Gasteiger partial charge in [0, 0.05) is 17.5 Å². The van der Waals surface area contributed by atoms with Gasteiger partial charge in [0.25, 0.3) is 0 Å². The van der Waals surface area contributed by atoms with Gasteiger partial charge >= 0.3 is 5.97 Å². The summed E-state index contributed by atoms with van der Waals surface area (Å²) in [5, 5.41) is 8.15. The fourth-order valence-corrected chi connectivity index (χ4v) is 2.47.